The van der Waals surface area contributed by atoms with E-state index in [1.54, 1.807) is 0 Å². The highest BCUT2D eigenvalue weighted by Crippen LogP contribution is 2.20. The Morgan fingerprint density at radius 2 is 1.67 bits per heavy atom. The lowest BCUT2D eigenvalue weighted by Gasteiger charge is -2.23. The van der Waals surface area contributed by atoms with Crippen molar-refractivity contribution in [3.05, 3.63) is 35.4 Å². The quantitative estimate of drug-likeness (QED) is 0.587. The van der Waals surface area contributed by atoms with Crippen LogP contribution in [0.5, 0.6) is 0 Å². The molecule has 18 heavy (non-hydrogen) atoms. The predicted molar refractivity (Wildman–Crippen MR) is 61.5 cm³/mol. The molecule has 0 heterocycles. The Morgan fingerprint density at radius 3 is 2.11 bits per heavy atom. The van der Waals surface area contributed by atoms with Crippen molar-refractivity contribution in [2.45, 2.75) is 12.7 Å². The van der Waals surface area contributed by atoms with Crippen molar-refractivity contribution >= 4 is 15.9 Å². The summed E-state index contributed by atoms with van der Waals surface area (Å²) in [6.45, 7) is -1.57. The summed E-state index contributed by atoms with van der Waals surface area (Å²) >= 11 is 3.01. The van der Waals surface area contributed by atoms with E-state index in [4.69, 9.17) is 0 Å². The zero-order chi connectivity index (χ0) is 13.8. The van der Waals surface area contributed by atoms with Crippen LogP contribution in [0.1, 0.15) is 5.56 Å². The molecule has 1 rings (SSSR count). The standard InChI is InChI=1S/C11H11BrF5N/c12-4-5-18(7-11(15,16)17)6-8-9(13)2-1-3-10(8)14/h1-3H,4-7H2. The van der Waals surface area contributed by atoms with Gasteiger partial charge in [-0.15, -0.1) is 0 Å². The van der Waals surface area contributed by atoms with Gasteiger partial charge in [-0.2, -0.15) is 13.2 Å². The minimum absolute atomic E-state index is 0.0489. The number of hydrogen-bond acceptors (Lipinski definition) is 1. The molecule has 0 atom stereocenters. The first-order chi connectivity index (χ1) is 8.33. The fourth-order valence-corrected chi connectivity index (χ4v) is 2.00. The van der Waals surface area contributed by atoms with Crippen molar-refractivity contribution in [1.29, 1.82) is 0 Å². The lowest BCUT2D eigenvalue weighted by molar-refractivity contribution is -0.146. The van der Waals surface area contributed by atoms with Crippen molar-refractivity contribution in [3.63, 3.8) is 0 Å². The van der Waals surface area contributed by atoms with Crippen LogP contribution in [-0.2, 0) is 6.54 Å². The monoisotopic (exact) mass is 331 g/mol. The highest BCUT2D eigenvalue weighted by molar-refractivity contribution is 9.09. The van der Waals surface area contributed by atoms with Gasteiger partial charge in [-0.1, -0.05) is 22.0 Å². The molecule has 0 bridgehead atoms. The second-order valence-corrected chi connectivity index (χ2v) is 4.51. The lowest BCUT2D eigenvalue weighted by atomic mass is 10.2. The molecule has 1 aromatic carbocycles. The smallest absolute Gasteiger partial charge is 0.290 e. The summed E-state index contributed by atoms with van der Waals surface area (Å²) in [4.78, 5) is 0.941. The lowest BCUT2D eigenvalue weighted by Crippen LogP contribution is -2.35. The number of benzene rings is 1. The largest absolute Gasteiger partial charge is 0.401 e. The van der Waals surface area contributed by atoms with E-state index in [1.807, 2.05) is 0 Å². The molecule has 0 amide bonds. The Hall–Kier alpha value is -0.690. The van der Waals surface area contributed by atoms with Crippen molar-refractivity contribution in [3.8, 4) is 0 Å². The third kappa shape index (κ3) is 4.89. The van der Waals surface area contributed by atoms with Gasteiger partial charge in [0.1, 0.15) is 11.6 Å². The number of rotatable bonds is 5. The maximum Gasteiger partial charge on any atom is 0.401 e. The second-order valence-electron chi connectivity index (χ2n) is 3.72. The normalized spacial score (nSPS) is 12.2. The molecule has 0 N–H and O–H groups in total. The Morgan fingerprint density at radius 1 is 1.11 bits per heavy atom. The summed E-state index contributed by atoms with van der Waals surface area (Å²) in [5.41, 5.74) is -0.345. The average molecular weight is 332 g/mol. The van der Waals surface area contributed by atoms with E-state index in [9.17, 15) is 22.0 Å². The van der Waals surface area contributed by atoms with E-state index in [0.717, 1.165) is 17.0 Å². The molecule has 0 aromatic heterocycles. The van der Waals surface area contributed by atoms with E-state index < -0.39 is 30.9 Å². The number of hydrogen-bond donors (Lipinski definition) is 0. The topological polar surface area (TPSA) is 3.24 Å². The summed E-state index contributed by atoms with van der Waals surface area (Å²) in [6.07, 6.45) is -4.40. The van der Waals surface area contributed by atoms with E-state index >= 15 is 0 Å². The molecule has 0 unspecified atom stereocenters. The van der Waals surface area contributed by atoms with E-state index in [2.05, 4.69) is 15.9 Å². The fraction of sp³-hybridized carbons (Fsp3) is 0.455. The number of nitrogens with zero attached hydrogens (tertiary/aromatic N) is 1. The number of alkyl halides is 4. The van der Waals surface area contributed by atoms with E-state index in [-0.39, 0.29) is 12.1 Å². The van der Waals surface area contributed by atoms with Crippen molar-refractivity contribution in [2.75, 3.05) is 18.4 Å². The van der Waals surface area contributed by atoms with Crippen molar-refractivity contribution in [1.82, 2.24) is 4.90 Å². The maximum absolute atomic E-state index is 13.3. The molecular weight excluding hydrogens is 321 g/mol. The average Bonchev–Trinajstić information content (AvgIpc) is 2.21. The van der Waals surface area contributed by atoms with Gasteiger partial charge in [0.25, 0.3) is 0 Å². The van der Waals surface area contributed by atoms with E-state index in [0.29, 0.717) is 5.33 Å². The summed E-state index contributed by atoms with van der Waals surface area (Å²) in [6, 6.07) is 3.23. The Balaban J connectivity index is 2.83. The molecule has 1 aromatic rings. The SMILES string of the molecule is Fc1cccc(F)c1CN(CCBr)CC(F)(F)F. The van der Waals surface area contributed by atoms with Crippen LogP contribution in [0, 0.1) is 11.6 Å². The first-order valence-electron chi connectivity index (χ1n) is 5.11. The van der Waals surface area contributed by atoms with Crippen LogP contribution in [0.15, 0.2) is 18.2 Å². The minimum Gasteiger partial charge on any atom is -0.290 e. The zero-order valence-corrected chi connectivity index (χ0v) is 10.9. The summed E-state index contributed by atoms with van der Waals surface area (Å²) in [5, 5.41) is 0.291. The molecule has 0 radical (unpaired) electrons. The molecule has 0 fully saturated rings. The van der Waals surface area contributed by atoms with Crippen LogP contribution in [0.4, 0.5) is 22.0 Å². The van der Waals surface area contributed by atoms with Crippen LogP contribution >= 0.6 is 15.9 Å². The van der Waals surface area contributed by atoms with Gasteiger partial charge in [-0.25, -0.2) is 8.78 Å². The first-order valence-corrected chi connectivity index (χ1v) is 6.23. The Kier molecular flexibility index (Phi) is 5.52. The van der Waals surface area contributed by atoms with Crippen LogP contribution in [0.3, 0.4) is 0 Å². The molecule has 0 aliphatic carbocycles. The van der Waals surface area contributed by atoms with Crippen molar-refractivity contribution in [2.24, 2.45) is 0 Å². The van der Waals surface area contributed by atoms with E-state index in [1.165, 1.54) is 6.07 Å². The predicted octanol–water partition coefficient (Wildman–Crippen LogP) is 3.72. The van der Waals surface area contributed by atoms with Crippen LogP contribution in [0.2, 0.25) is 0 Å². The third-order valence-electron chi connectivity index (χ3n) is 2.25. The van der Waals surface area contributed by atoms with Crippen LogP contribution in [0.25, 0.3) is 0 Å². The van der Waals surface area contributed by atoms with Crippen LogP contribution < -0.4 is 0 Å². The molecule has 1 nitrogen and oxygen atoms in total. The van der Waals surface area contributed by atoms with Gasteiger partial charge < -0.3 is 0 Å². The highest BCUT2D eigenvalue weighted by atomic mass is 79.9. The van der Waals surface area contributed by atoms with Gasteiger partial charge >= 0.3 is 6.18 Å². The molecular formula is C11H11BrF5N. The molecule has 7 heteroatoms. The zero-order valence-electron chi connectivity index (χ0n) is 9.28. The first kappa shape index (κ1) is 15.4. The second kappa shape index (κ2) is 6.47. The van der Waals surface area contributed by atoms with Gasteiger partial charge in [0.15, 0.2) is 0 Å². The molecule has 0 aliphatic heterocycles. The summed E-state index contributed by atoms with van der Waals surface area (Å²) in [7, 11) is 0. The summed E-state index contributed by atoms with van der Waals surface area (Å²) < 4.78 is 63.5. The third-order valence-corrected chi connectivity index (χ3v) is 2.60. The van der Waals surface area contributed by atoms with Gasteiger partial charge in [0.2, 0.25) is 0 Å². The van der Waals surface area contributed by atoms with Gasteiger partial charge in [0, 0.05) is 24.0 Å². The molecule has 0 spiro atoms. The molecule has 0 aliphatic rings. The van der Waals surface area contributed by atoms with Gasteiger partial charge in [-0.3, -0.25) is 4.90 Å². The maximum atomic E-state index is 13.3. The summed E-state index contributed by atoms with van der Waals surface area (Å²) in [5.74, 6) is -1.67. The van der Waals surface area contributed by atoms with Crippen molar-refractivity contribution < 1.29 is 22.0 Å². The number of halogens is 6. The minimum atomic E-state index is -4.40. The molecule has 0 saturated heterocycles. The molecule has 0 saturated carbocycles. The molecule has 102 valence electrons. The fourth-order valence-electron chi connectivity index (χ4n) is 1.49. The Labute approximate surface area is 110 Å². The highest BCUT2D eigenvalue weighted by Gasteiger charge is 2.31. The Bertz CT molecular complexity index is 373. The van der Waals surface area contributed by atoms with Gasteiger partial charge in [-0.05, 0) is 12.1 Å². The van der Waals surface area contributed by atoms with Crippen LogP contribution in [-0.4, -0.2) is 29.5 Å². The van der Waals surface area contributed by atoms with Gasteiger partial charge in [0.05, 0.1) is 6.54 Å².